The summed E-state index contributed by atoms with van der Waals surface area (Å²) in [4.78, 5) is 14.7. The highest BCUT2D eigenvalue weighted by molar-refractivity contribution is 5.94. The first kappa shape index (κ1) is 16.5. The number of amides is 1. The van der Waals surface area contributed by atoms with Gasteiger partial charge >= 0.3 is 0 Å². The third-order valence-corrected chi connectivity index (χ3v) is 4.88. The van der Waals surface area contributed by atoms with Crippen LogP contribution >= 0.6 is 0 Å². The number of carbonyl (C=O) groups excluding carboxylic acids is 1. The summed E-state index contributed by atoms with van der Waals surface area (Å²) in [7, 11) is 0. The Hall–Kier alpha value is -1.39. The molecule has 2 fully saturated rings. The van der Waals surface area contributed by atoms with Crippen molar-refractivity contribution in [3.63, 3.8) is 0 Å². The molecule has 2 unspecified atom stereocenters. The highest BCUT2D eigenvalue weighted by Gasteiger charge is 2.18. The number of nitrogens with one attached hydrogen (secondary N) is 1. The van der Waals surface area contributed by atoms with E-state index < -0.39 is 0 Å². The minimum atomic E-state index is -0.00125. The van der Waals surface area contributed by atoms with E-state index in [0.717, 1.165) is 37.5 Å². The molecule has 0 saturated carbocycles. The summed E-state index contributed by atoms with van der Waals surface area (Å²) in [5, 5.41) is 2.97. The molecule has 1 amide bonds. The summed E-state index contributed by atoms with van der Waals surface area (Å²) in [6.07, 6.45) is 4.99. The van der Waals surface area contributed by atoms with Gasteiger partial charge in [0.25, 0.3) is 5.91 Å². The van der Waals surface area contributed by atoms with Gasteiger partial charge in [0.15, 0.2) is 0 Å². The van der Waals surface area contributed by atoms with Crippen molar-refractivity contribution in [2.24, 2.45) is 5.92 Å². The standard InChI is InChI=1S/C19H28N2O2/c1-15-4-2-10-21(13-15)14-16-6-8-17(9-7-16)19(22)20-12-18-5-3-11-23-18/h6-9,15,18H,2-5,10-14H2,1H3,(H,20,22). The van der Waals surface area contributed by atoms with Crippen molar-refractivity contribution < 1.29 is 9.53 Å². The van der Waals surface area contributed by atoms with Crippen LogP contribution in [-0.4, -0.2) is 43.2 Å². The molecule has 1 aromatic rings. The van der Waals surface area contributed by atoms with Crippen molar-refractivity contribution in [2.75, 3.05) is 26.2 Å². The monoisotopic (exact) mass is 316 g/mol. The van der Waals surface area contributed by atoms with Gasteiger partial charge in [-0.2, -0.15) is 0 Å². The lowest BCUT2D eigenvalue weighted by molar-refractivity contribution is 0.0858. The fraction of sp³-hybridized carbons (Fsp3) is 0.632. The van der Waals surface area contributed by atoms with Crippen molar-refractivity contribution in [3.05, 3.63) is 35.4 Å². The zero-order valence-corrected chi connectivity index (χ0v) is 14.1. The van der Waals surface area contributed by atoms with Gasteiger partial charge in [-0.3, -0.25) is 9.69 Å². The van der Waals surface area contributed by atoms with Gasteiger partial charge in [-0.15, -0.1) is 0 Å². The molecule has 2 aliphatic heterocycles. The highest BCUT2D eigenvalue weighted by Crippen LogP contribution is 2.18. The molecule has 3 rings (SSSR count). The molecule has 23 heavy (non-hydrogen) atoms. The molecule has 0 radical (unpaired) electrons. The lowest BCUT2D eigenvalue weighted by Gasteiger charge is -2.30. The van der Waals surface area contributed by atoms with E-state index in [1.807, 2.05) is 12.1 Å². The predicted molar refractivity (Wildman–Crippen MR) is 91.4 cm³/mol. The van der Waals surface area contributed by atoms with E-state index in [1.165, 1.54) is 31.5 Å². The first-order valence-corrected chi connectivity index (χ1v) is 8.92. The van der Waals surface area contributed by atoms with Crippen LogP contribution in [0.3, 0.4) is 0 Å². The van der Waals surface area contributed by atoms with Crippen molar-refractivity contribution in [2.45, 2.75) is 45.3 Å². The van der Waals surface area contributed by atoms with Crippen LogP contribution in [0, 0.1) is 5.92 Å². The first-order valence-electron chi connectivity index (χ1n) is 8.92. The smallest absolute Gasteiger partial charge is 0.251 e. The van der Waals surface area contributed by atoms with Crippen molar-refractivity contribution >= 4 is 5.91 Å². The number of ether oxygens (including phenoxy) is 1. The van der Waals surface area contributed by atoms with E-state index in [-0.39, 0.29) is 12.0 Å². The molecule has 126 valence electrons. The number of nitrogens with zero attached hydrogens (tertiary/aromatic N) is 1. The molecule has 1 aromatic carbocycles. The number of piperidine rings is 1. The Morgan fingerprint density at radius 1 is 1.26 bits per heavy atom. The summed E-state index contributed by atoms with van der Waals surface area (Å²) in [6, 6.07) is 8.04. The van der Waals surface area contributed by atoms with Gasteiger partial charge < -0.3 is 10.1 Å². The predicted octanol–water partition coefficient (Wildman–Crippen LogP) is 2.83. The van der Waals surface area contributed by atoms with Crippen LogP contribution in [0.1, 0.15) is 48.5 Å². The van der Waals surface area contributed by atoms with Crippen LogP contribution in [0.15, 0.2) is 24.3 Å². The lowest BCUT2D eigenvalue weighted by atomic mass is 9.99. The molecule has 4 heteroatoms. The van der Waals surface area contributed by atoms with Gasteiger partial charge in [-0.25, -0.2) is 0 Å². The van der Waals surface area contributed by atoms with Gasteiger partial charge in [0.05, 0.1) is 6.10 Å². The third kappa shape index (κ3) is 4.79. The second-order valence-electron chi connectivity index (χ2n) is 7.02. The molecule has 1 N–H and O–H groups in total. The average Bonchev–Trinajstić information content (AvgIpc) is 3.07. The average molecular weight is 316 g/mol. The van der Waals surface area contributed by atoms with Gasteiger partial charge in [-0.1, -0.05) is 19.1 Å². The summed E-state index contributed by atoms with van der Waals surface area (Å²) in [6.45, 7) is 7.13. The largest absolute Gasteiger partial charge is 0.376 e. The van der Waals surface area contributed by atoms with Crippen LogP contribution in [-0.2, 0) is 11.3 Å². The summed E-state index contributed by atoms with van der Waals surface area (Å²) in [5.74, 6) is 0.797. The van der Waals surface area contributed by atoms with Gasteiger partial charge in [0.1, 0.15) is 0 Å². The second-order valence-corrected chi connectivity index (χ2v) is 7.02. The number of hydrogen-bond donors (Lipinski definition) is 1. The van der Waals surface area contributed by atoms with Crippen LogP contribution < -0.4 is 5.32 Å². The maximum atomic E-state index is 12.2. The van der Waals surface area contributed by atoms with Crippen LogP contribution in [0.2, 0.25) is 0 Å². The Bertz CT molecular complexity index is 509. The number of carbonyl (C=O) groups is 1. The minimum absolute atomic E-state index is 0.00125. The molecule has 0 aliphatic carbocycles. The maximum Gasteiger partial charge on any atom is 0.251 e. The first-order chi connectivity index (χ1) is 11.2. The zero-order chi connectivity index (χ0) is 16.1. The number of likely N-dealkylation sites (tertiary alicyclic amines) is 1. The van der Waals surface area contributed by atoms with Gasteiger partial charge in [0.2, 0.25) is 0 Å². The molecule has 0 aromatic heterocycles. The quantitative estimate of drug-likeness (QED) is 0.908. The molecule has 4 nitrogen and oxygen atoms in total. The van der Waals surface area contributed by atoms with Crippen LogP contribution in [0.4, 0.5) is 0 Å². The summed E-state index contributed by atoms with van der Waals surface area (Å²) in [5.41, 5.74) is 2.02. The Balaban J connectivity index is 1.48. The molecule has 2 heterocycles. The van der Waals surface area contributed by atoms with Gasteiger partial charge in [0, 0.05) is 31.8 Å². The van der Waals surface area contributed by atoms with Crippen molar-refractivity contribution in [1.29, 1.82) is 0 Å². The van der Waals surface area contributed by atoms with Crippen LogP contribution in [0.25, 0.3) is 0 Å². The fourth-order valence-corrected chi connectivity index (χ4v) is 3.56. The topological polar surface area (TPSA) is 41.6 Å². The Labute approximate surface area is 139 Å². The lowest BCUT2D eigenvalue weighted by Crippen LogP contribution is -2.33. The molecule has 0 bridgehead atoms. The third-order valence-electron chi connectivity index (χ3n) is 4.88. The molecule has 2 saturated heterocycles. The minimum Gasteiger partial charge on any atom is -0.376 e. The number of benzene rings is 1. The van der Waals surface area contributed by atoms with Crippen LogP contribution in [0.5, 0.6) is 0 Å². The zero-order valence-electron chi connectivity index (χ0n) is 14.1. The van der Waals surface area contributed by atoms with E-state index in [1.54, 1.807) is 0 Å². The fourth-order valence-electron chi connectivity index (χ4n) is 3.56. The summed E-state index contributed by atoms with van der Waals surface area (Å²) < 4.78 is 5.53. The van der Waals surface area contributed by atoms with E-state index in [2.05, 4.69) is 29.3 Å². The van der Waals surface area contributed by atoms with Crippen molar-refractivity contribution in [1.82, 2.24) is 10.2 Å². The van der Waals surface area contributed by atoms with Crippen molar-refractivity contribution in [3.8, 4) is 0 Å². The number of rotatable bonds is 5. The maximum absolute atomic E-state index is 12.2. The SMILES string of the molecule is CC1CCCN(Cc2ccc(C(=O)NCC3CCCO3)cc2)C1. The van der Waals surface area contributed by atoms with E-state index in [9.17, 15) is 4.79 Å². The molecular formula is C19H28N2O2. The number of hydrogen-bond acceptors (Lipinski definition) is 3. The molecule has 0 spiro atoms. The van der Waals surface area contributed by atoms with E-state index >= 15 is 0 Å². The Morgan fingerprint density at radius 3 is 2.78 bits per heavy atom. The second kappa shape index (κ2) is 7.93. The van der Waals surface area contributed by atoms with E-state index in [4.69, 9.17) is 4.74 Å². The molecule has 2 aliphatic rings. The Morgan fingerprint density at radius 2 is 2.09 bits per heavy atom. The highest BCUT2D eigenvalue weighted by atomic mass is 16.5. The van der Waals surface area contributed by atoms with E-state index in [0.29, 0.717) is 6.54 Å². The van der Waals surface area contributed by atoms with Gasteiger partial charge in [-0.05, 0) is 55.8 Å². The summed E-state index contributed by atoms with van der Waals surface area (Å²) >= 11 is 0. The Kier molecular flexibility index (Phi) is 5.68. The molecular weight excluding hydrogens is 288 g/mol. The normalized spacial score (nSPS) is 25.4. The molecule has 2 atom stereocenters.